The van der Waals surface area contributed by atoms with Crippen molar-refractivity contribution in [2.45, 2.75) is 0 Å². The fraction of sp³-hybridized carbons (Fsp3) is 0. The molecule has 13 aromatic rings. The maximum Gasteiger partial charge on any atom is 0.0362 e. The van der Waals surface area contributed by atoms with Crippen LogP contribution in [0.3, 0.4) is 0 Å². The van der Waals surface area contributed by atoms with Gasteiger partial charge in [-0.05, 0) is 129 Å². The fourth-order valence-electron chi connectivity index (χ4n) is 9.55. The van der Waals surface area contributed by atoms with E-state index in [9.17, 15) is 0 Å². The Hall–Kier alpha value is -6.32. The van der Waals surface area contributed by atoms with Gasteiger partial charge in [0, 0.05) is 40.3 Å². The summed E-state index contributed by atoms with van der Waals surface area (Å²) in [5.41, 5.74) is 5.06. The maximum absolute atomic E-state index is 2.43. The molecule has 0 unspecified atom stereocenters. The summed E-state index contributed by atoms with van der Waals surface area (Å²) in [4.78, 5) is 0. The van der Waals surface area contributed by atoms with Gasteiger partial charge in [-0.1, -0.05) is 127 Å². The van der Waals surface area contributed by atoms with Crippen LogP contribution in [0.25, 0.3) is 127 Å². The van der Waals surface area contributed by atoms with Gasteiger partial charge < -0.3 is 0 Å². The first-order valence-corrected chi connectivity index (χ1v) is 20.2. The summed E-state index contributed by atoms with van der Waals surface area (Å²) in [6.45, 7) is 0. The SMILES string of the molecule is c1cc2ccc3ccc(-c4ccc5sc6ccc(-c7ccc8c(c7)c7ccccc7c7c8ccc8sc9ccccc9c87)cc6c5c4)c4ccc(c1)c2c34. The second-order valence-corrected chi connectivity index (χ2v) is 16.9. The van der Waals surface area contributed by atoms with E-state index < -0.39 is 0 Å². The normalized spacial score (nSPS) is 12.4. The summed E-state index contributed by atoms with van der Waals surface area (Å²) in [6, 6.07) is 64.2. The van der Waals surface area contributed by atoms with Crippen molar-refractivity contribution in [2.75, 3.05) is 0 Å². The monoisotopic (exact) mass is 716 g/mol. The Morgan fingerprint density at radius 2 is 0.759 bits per heavy atom. The van der Waals surface area contributed by atoms with Crippen LogP contribution in [0, 0.1) is 0 Å². The molecule has 0 fully saturated rings. The van der Waals surface area contributed by atoms with Gasteiger partial charge in [-0.3, -0.25) is 0 Å². The largest absolute Gasteiger partial charge is 0.135 e. The molecule has 0 radical (unpaired) electrons. The minimum absolute atomic E-state index is 1.25. The van der Waals surface area contributed by atoms with Gasteiger partial charge in [0.2, 0.25) is 0 Å². The smallest absolute Gasteiger partial charge is 0.0362 e. The van der Waals surface area contributed by atoms with E-state index in [2.05, 4.69) is 170 Å². The van der Waals surface area contributed by atoms with Crippen molar-refractivity contribution >= 4 is 128 Å². The Bertz CT molecular complexity index is 3690. The first-order chi connectivity index (χ1) is 26.7. The van der Waals surface area contributed by atoms with Crippen LogP contribution in [0.15, 0.2) is 170 Å². The predicted octanol–water partition coefficient (Wildman–Crippen LogP) is 16.1. The average molecular weight is 717 g/mol. The van der Waals surface area contributed by atoms with Crippen LogP contribution in [0.2, 0.25) is 0 Å². The Balaban J connectivity index is 1.00. The Kier molecular flexibility index (Phi) is 5.75. The van der Waals surface area contributed by atoms with E-state index in [1.165, 1.54) is 127 Å². The van der Waals surface area contributed by atoms with Crippen LogP contribution in [-0.4, -0.2) is 0 Å². The summed E-state index contributed by atoms with van der Waals surface area (Å²) in [6.07, 6.45) is 0. The molecule has 0 saturated heterocycles. The fourth-order valence-corrected chi connectivity index (χ4v) is 11.7. The third-order valence-electron chi connectivity index (χ3n) is 12.0. The van der Waals surface area contributed by atoms with Gasteiger partial charge in [-0.15, -0.1) is 22.7 Å². The number of thiophene rings is 2. The maximum atomic E-state index is 2.43. The van der Waals surface area contributed by atoms with E-state index in [1.807, 2.05) is 22.7 Å². The average Bonchev–Trinajstić information content (AvgIpc) is 3.80. The molecule has 0 nitrogen and oxygen atoms in total. The molecule has 2 heterocycles. The number of fused-ring (bicyclic) bond motifs is 13. The molecule has 11 aromatic carbocycles. The van der Waals surface area contributed by atoms with Gasteiger partial charge >= 0.3 is 0 Å². The van der Waals surface area contributed by atoms with Crippen molar-refractivity contribution in [1.82, 2.24) is 0 Å². The summed E-state index contributed by atoms with van der Waals surface area (Å²) in [5.74, 6) is 0. The molecule has 0 aliphatic carbocycles. The molecule has 0 bridgehead atoms. The standard InChI is InChI=1S/C52H28S2/c1-2-9-38-36(8-1)42-26-32(16-20-37(42)40-22-25-48-52(51(38)40)41-10-3-4-11-45(41)54-48)33-17-23-46-43(27-33)44-28-34(18-24-47(44)53-46)35-19-14-31-13-12-29-6-5-7-30-15-21-39(35)50(31)49(29)30/h1-28H. The minimum atomic E-state index is 1.25. The van der Waals surface area contributed by atoms with Crippen LogP contribution < -0.4 is 0 Å². The molecule has 0 amide bonds. The Labute approximate surface area is 318 Å². The number of hydrogen-bond acceptors (Lipinski definition) is 2. The Morgan fingerprint density at radius 3 is 1.59 bits per heavy atom. The highest BCUT2D eigenvalue weighted by Gasteiger charge is 2.17. The van der Waals surface area contributed by atoms with E-state index in [1.54, 1.807) is 0 Å². The molecule has 2 heteroatoms. The highest BCUT2D eigenvalue weighted by molar-refractivity contribution is 7.26. The van der Waals surface area contributed by atoms with Crippen LogP contribution in [0.4, 0.5) is 0 Å². The summed E-state index contributed by atoms with van der Waals surface area (Å²) in [5, 5.41) is 21.3. The third kappa shape index (κ3) is 3.91. The Morgan fingerprint density at radius 1 is 0.241 bits per heavy atom. The number of hydrogen-bond donors (Lipinski definition) is 0. The van der Waals surface area contributed by atoms with Gasteiger partial charge in [0.05, 0.1) is 0 Å². The predicted molar refractivity (Wildman–Crippen MR) is 239 cm³/mol. The third-order valence-corrected chi connectivity index (χ3v) is 14.3. The van der Waals surface area contributed by atoms with Crippen LogP contribution in [0.5, 0.6) is 0 Å². The van der Waals surface area contributed by atoms with E-state index in [0.29, 0.717) is 0 Å². The van der Waals surface area contributed by atoms with Gasteiger partial charge in [-0.25, -0.2) is 0 Å². The molecular formula is C52H28S2. The molecule has 2 aromatic heterocycles. The van der Waals surface area contributed by atoms with Crippen molar-refractivity contribution in [3.05, 3.63) is 170 Å². The topological polar surface area (TPSA) is 0 Å². The molecule has 13 rings (SSSR count). The first-order valence-electron chi connectivity index (χ1n) is 18.6. The van der Waals surface area contributed by atoms with Gasteiger partial charge in [-0.2, -0.15) is 0 Å². The molecule has 0 N–H and O–H groups in total. The van der Waals surface area contributed by atoms with Crippen molar-refractivity contribution in [3.63, 3.8) is 0 Å². The zero-order valence-corrected chi connectivity index (χ0v) is 30.6. The lowest BCUT2D eigenvalue weighted by Crippen LogP contribution is -1.87. The lowest BCUT2D eigenvalue weighted by atomic mass is 9.89. The minimum Gasteiger partial charge on any atom is -0.135 e. The van der Waals surface area contributed by atoms with Gasteiger partial charge in [0.25, 0.3) is 0 Å². The van der Waals surface area contributed by atoms with Crippen molar-refractivity contribution in [2.24, 2.45) is 0 Å². The molecule has 0 spiro atoms. The zero-order valence-electron chi connectivity index (χ0n) is 29.0. The quantitative estimate of drug-likeness (QED) is 0.156. The van der Waals surface area contributed by atoms with Crippen LogP contribution in [0.1, 0.15) is 0 Å². The number of rotatable bonds is 2. The molecular weight excluding hydrogens is 689 g/mol. The lowest BCUT2D eigenvalue weighted by Gasteiger charge is -2.14. The van der Waals surface area contributed by atoms with Crippen LogP contribution in [-0.2, 0) is 0 Å². The highest BCUT2D eigenvalue weighted by atomic mass is 32.1. The molecule has 0 aliphatic rings. The molecule has 0 atom stereocenters. The highest BCUT2D eigenvalue weighted by Crippen LogP contribution is 2.46. The molecule has 0 saturated carbocycles. The van der Waals surface area contributed by atoms with E-state index >= 15 is 0 Å². The molecule has 248 valence electrons. The van der Waals surface area contributed by atoms with E-state index in [4.69, 9.17) is 0 Å². The summed E-state index contributed by atoms with van der Waals surface area (Å²) >= 11 is 3.78. The number of benzene rings is 11. The van der Waals surface area contributed by atoms with Crippen molar-refractivity contribution < 1.29 is 0 Å². The van der Waals surface area contributed by atoms with E-state index in [0.717, 1.165) is 0 Å². The summed E-state index contributed by atoms with van der Waals surface area (Å²) < 4.78 is 5.35. The van der Waals surface area contributed by atoms with Crippen LogP contribution >= 0.6 is 22.7 Å². The molecule has 54 heavy (non-hydrogen) atoms. The molecule has 0 aliphatic heterocycles. The van der Waals surface area contributed by atoms with Crippen molar-refractivity contribution in [3.8, 4) is 22.3 Å². The second-order valence-electron chi connectivity index (χ2n) is 14.8. The van der Waals surface area contributed by atoms with Crippen molar-refractivity contribution in [1.29, 1.82) is 0 Å². The van der Waals surface area contributed by atoms with Gasteiger partial charge in [0.15, 0.2) is 0 Å². The second kappa shape index (κ2) is 10.6. The lowest BCUT2D eigenvalue weighted by molar-refractivity contribution is 1.71. The summed E-state index contributed by atoms with van der Waals surface area (Å²) in [7, 11) is 0. The zero-order chi connectivity index (χ0) is 35.1. The first kappa shape index (κ1) is 29.2. The van der Waals surface area contributed by atoms with Gasteiger partial charge in [0.1, 0.15) is 0 Å². The van der Waals surface area contributed by atoms with E-state index in [-0.39, 0.29) is 0 Å².